The molecular formula is C10H11Cl2N3O. The number of nitrogens with zero attached hydrogens (tertiary/aromatic N) is 3. The van der Waals surface area contributed by atoms with Gasteiger partial charge in [-0.3, -0.25) is 0 Å². The zero-order valence-corrected chi connectivity index (χ0v) is 9.99. The maximum atomic E-state index is 8.75. The first-order valence-electron chi connectivity index (χ1n) is 4.79. The Balaban J connectivity index is 2.91. The molecule has 16 heavy (non-hydrogen) atoms. The van der Waals surface area contributed by atoms with Gasteiger partial charge in [0, 0.05) is 11.5 Å². The van der Waals surface area contributed by atoms with Gasteiger partial charge in [0.2, 0.25) is 0 Å². The molecule has 86 valence electrons. The second-order valence-corrected chi connectivity index (χ2v) is 4.07. The second-order valence-electron chi connectivity index (χ2n) is 3.26. The largest absolute Gasteiger partial charge is 0.396 e. The summed E-state index contributed by atoms with van der Waals surface area (Å²) in [7, 11) is 0. The lowest BCUT2D eigenvalue weighted by molar-refractivity contribution is 0.280. The Labute approximate surface area is 103 Å². The highest BCUT2D eigenvalue weighted by atomic mass is 35.5. The Hall–Kier alpha value is -0.930. The minimum absolute atomic E-state index is 0.0682. The maximum Gasteiger partial charge on any atom is 0.0626 e. The lowest BCUT2D eigenvalue weighted by Gasteiger charge is -2.11. The fourth-order valence-corrected chi connectivity index (χ4v) is 1.66. The molecule has 0 aromatic heterocycles. The quantitative estimate of drug-likeness (QED) is 0.483. The van der Waals surface area contributed by atoms with E-state index in [-0.39, 0.29) is 12.6 Å². The molecule has 1 rings (SSSR count). The molecule has 0 spiro atoms. The number of azide groups is 1. The second kappa shape index (κ2) is 6.61. The van der Waals surface area contributed by atoms with Crippen molar-refractivity contribution in [1.29, 1.82) is 0 Å². The molecule has 0 saturated carbocycles. The molecule has 0 fully saturated rings. The zero-order chi connectivity index (χ0) is 12.0. The third kappa shape index (κ3) is 3.58. The number of halogens is 2. The first kappa shape index (κ1) is 13.1. The minimum Gasteiger partial charge on any atom is -0.396 e. The molecule has 1 N–H and O–H groups in total. The van der Waals surface area contributed by atoms with Crippen molar-refractivity contribution in [2.75, 3.05) is 6.61 Å². The van der Waals surface area contributed by atoms with Crippen LogP contribution in [-0.2, 0) is 0 Å². The number of aliphatic hydroxyl groups is 1. The Morgan fingerprint density at radius 3 is 2.69 bits per heavy atom. The maximum absolute atomic E-state index is 8.75. The fourth-order valence-electron chi connectivity index (χ4n) is 1.36. The highest BCUT2D eigenvalue weighted by Gasteiger charge is 2.10. The number of aliphatic hydroxyl groups excluding tert-OH is 1. The molecule has 0 aliphatic carbocycles. The van der Waals surface area contributed by atoms with E-state index in [4.69, 9.17) is 33.8 Å². The summed E-state index contributed by atoms with van der Waals surface area (Å²) in [5, 5.41) is 13.3. The van der Waals surface area contributed by atoms with Gasteiger partial charge >= 0.3 is 0 Å². The molecule has 4 nitrogen and oxygen atoms in total. The molecule has 0 bridgehead atoms. The van der Waals surface area contributed by atoms with Gasteiger partial charge in [-0.25, -0.2) is 0 Å². The summed E-state index contributed by atoms with van der Waals surface area (Å²) >= 11 is 11.7. The van der Waals surface area contributed by atoms with E-state index < -0.39 is 0 Å². The van der Waals surface area contributed by atoms with Crippen molar-refractivity contribution in [1.82, 2.24) is 0 Å². The smallest absolute Gasteiger partial charge is 0.0626 e. The molecule has 0 saturated heterocycles. The molecular weight excluding hydrogens is 249 g/mol. The van der Waals surface area contributed by atoms with E-state index in [0.29, 0.717) is 22.9 Å². The van der Waals surface area contributed by atoms with Crippen LogP contribution in [-0.4, -0.2) is 11.7 Å². The van der Waals surface area contributed by atoms with Crippen LogP contribution in [0.25, 0.3) is 10.4 Å². The van der Waals surface area contributed by atoms with Crippen molar-refractivity contribution >= 4 is 23.2 Å². The average molecular weight is 260 g/mol. The summed E-state index contributed by atoms with van der Waals surface area (Å²) in [5.74, 6) is 0. The zero-order valence-electron chi connectivity index (χ0n) is 8.48. The standard InChI is InChI=1S/C10H11Cl2N3O/c11-8-4-3-7(6-9(8)12)10(14-15-13)2-1-5-16/h3-4,6,10,16H,1-2,5H2. The highest BCUT2D eigenvalue weighted by molar-refractivity contribution is 6.42. The molecule has 1 aromatic rings. The molecule has 0 radical (unpaired) electrons. The summed E-state index contributed by atoms with van der Waals surface area (Å²) in [6.45, 7) is 0.0682. The molecule has 1 atom stereocenters. The van der Waals surface area contributed by atoms with Crippen molar-refractivity contribution in [2.24, 2.45) is 5.11 Å². The van der Waals surface area contributed by atoms with Gasteiger partial charge in [0.25, 0.3) is 0 Å². The fraction of sp³-hybridized carbons (Fsp3) is 0.400. The van der Waals surface area contributed by atoms with Crippen LogP contribution in [0.3, 0.4) is 0 Å². The lowest BCUT2D eigenvalue weighted by atomic mass is 10.0. The van der Waals surface area contributed by atoms with Crippen LogP contribution in [0.4, 0.5) is 0 Å². The predicted molar refractivity (Wildman–Crippen MR) is 64.7 cm³/mol. The summed E-state index contributed by atoms with van der Waals surface area (Å²) < 4.78 is 0. The molecule has 1 aromatic carbocycles. The SMILES string of the molecule is [N-]=[N+]=NC(CCCO)c1ccc(Cl)c(Cl)c1. The van der Waals surface area contributed by atoms with E-state index in [1.807, 2.05) is 0 Å². The first-order chi connectivity index (χ1) is 7.69. The van der Waals surface area contributed by atoms with Gasteiger partial charge < -0.3 is 5.11 Å². The van der Waals surface area contributed by atoms with Crippen molar-refractivity contribution in [3.8, 4) is 0 Å². The van der Waals surface area contributed by atoms with Crippen LogP contribution < -0.4 is 0 Å². The van der Waals surface area contributed by atoms with E-state index in [0.717, 1.165) is 5.56 Å². The molecule has 6 heteroatoms. The number of hydrogen-bond donors (Lipinski definition) is 1. The number of benzene rings is 1. The summed E-state index contributed by atoms with van der Waals surface area (Å²) in [4.78, 5) is 2.78. The minimum atomic E-state index is -0.313. The van der Waals surface area contributed by atoms with Crippen LogP contribution in [0.2, 0.25) is 10.0 Å². The van der Waals surface area contributed by atoms with Crippen LogP contribution in [0.1, 0.15) is 24.4 Å². The van der Waals surface area contributed by atoms with Crippen molar-refractivity contribution < 1.29 is 5.11 Å². The Kier molecular flexibility index (Phi) is 5.43. The number of hydrogen-bond acceptors (Lipinski definition) is 2. The topological polar surface area (TPSA) is 69.0 Å². The van der Waals surface area contributed by atoms with Crippen LogP contribution in [0, 0.1) is 0 Å². The normalized spacial score (nSPS) is 11.9. The third-order valence-electron chi connectivity index (χ3n) is 2.16. The van der Waals surface area contributed by atoms with E-state index in [1.165, 1.54) is 0 Å². The van der Waals surface area contributed by atoms with E-state index in [9.17, 15) is 0 Å². The van der Waals surface area contributed by atoms with Gasteiger partial charge in [0.15, 0.2) is 0 Å². The van der Waals surface area contributed by atoms with Gasteiger partial charge in [-0.15, -0.1) is 0 Å². The predicted octanol–water partition coefficient (Wildman–Crippen LogP) is 4.12. The molecule has 0 amide bonds. The van der Waals surface area contributed by atoms with Crippen molar-refractivity contribution in [3.63, 3.8) is 0 Å². The Bertz CT molecular complexity index is 405. The summed E-state index contributed by atoms with van der Waals surface area (Å²) in [6, 6.07) is 4.80. The molecule has 0 aliphatic rings. The summed E-state index contributed by atoms with van der Waals surface area (Å²) in [5.41, 5.74) is 9.26. The Morgan fingerprint density at radius 2 is 2.12 bits per heavy atom. The molecule has 0 heterocycles. The molecule has 0 aliphatic heterocycles. The lowest BCUT2D eigenvalue weighted by Crippen LogP contribution is -1.96. The Morgan fingerprint density at radius 1 is 1.38 bits per heavy atom. The third-order valence-corrected chi connectivity index (χ3v) is 2.89. The monoisotopic (exact) mass is 259 g/mol. The van der Waals surface area contributed by atoms with Gasteiger partial charge in [-0.05, 0) is 36.1 Å². The van der Waals surface area contributed by atoms with Crippen LogP contribution in [0.5, 0.6) is 0 Å². The van der Waals surface area contributed by atoms with E-state index >= 15 is 0 Å². The average Bonchev–Trinajstić information content (AvgIpc) is 2.28. The van der Waals surface area contributed by atoms with Crippen LogP contribution >= 0.6 is 23.2 Å². The number of rotatable bonds is 5. The van der Waals surface area contributed by atoms with E-state index in [1.54, 1.807) is 18.2 Å². The van der Waals surface area contributed by atoms with Crippen molar-refractivity contribution in [3.05, 3.63) is 44.3 Å². The van der Waals surface area contributed by atoms with Crippen molar-refractivity contribution in [2.45, 2.75) is 18.9 Å². The molecule has 1 unspecified atom stereocenters. The van der Waals surface area contributed by atoms with E-state index in [2.05, 4.69) is 10.0 Å². The van der Waals surface area contributed by atoms with Crippen LogP contribution in [0.15, 0.2) is 23.3 Å². The van der Waals surface area contributed by atoms with Gasteiger partial charge in [-0.1, -0.05) is 34.4 Å². The van der Waals surface area contributed by atoms with Gasteiger partial charge in [0.05, 0.1) is 16.1 Å². The highest BCUT2D eigenvalue weighted by Crippen LogP contribution is 2.29. The summed E-state index contributed by atoms with van der Waals surface area (Å²) in [6.07, 6.45) is 1.16. The van der Waals surface area contributed by atoms with Gasteiger partial charge in [0.1, 0.15) is 0 Å². The van der Waals surface area contributed by atoms with Gasteiger partial charge in [-0.2, -0.15) is 0 Å². The first-order valence-corrected chi connectivity index (χ1v) is 5.54.